The number of carbonyl (C=O) groups excluding carboxylic acids is 2. The van der Waals surface area contributed by atoms with Gasteiger partial charge in [-0.25, -0.2) is 0 Å². The van der Waals surface area contributed by atoms with Gasteiger partial charge < -0.3 is 20.7 Å². The van der Waals surface area contributed by atoms with E-state index < -0.39 is 5.92 Å². The summed E-state index contributed by atoms with van der Waals surface area (Å²) in [6.45, 7) is 4.17. The molecule has 0 aliphatic rings. The molecule has 0 aliphatic heterocycles. The summed E-state index contributed by atoms with van der Waals surface area (Å²) in [5.41, 5.74) is 5.51. The minimum Gasteiger partial charge on any atom is -0.409 e. The quantitative estimate of drug-likeness (QED) is 0.297. The van der Waals surface area contributed by atoms with Gasteiger partial charge in [0.2, 0.25) is 11.8 Å². The highest BCUT2D eigenvalue weighted by atomic mass is 16.4. The van der Waals surface area contributed by atoms with E-state index in [1.807, 2.05) is 6.92 Å². The highest BCUT2D eigenvalue weighted by Gasteiger charge is 2.27. The van der Waals surface area contributed by atoms with E-state index in [1.54, 1.807) is 21.0 Å². The van der Waals surface area contributed by atoms with Crippen molar-refractivity contribution in [3.63, 3.8) is 0 Å². The topological polar surface area (TPSA) is 99.2 Å². The molecule has 0 radical (unpaired) electrons. The third-order valence-electron chi connectivity index (χ3n) is 2.81. The monoisotopic (exact) mass is 272 g/mol. The van der Waals surface area contributed by atoms with Crippen LogP contribution < -0.4 is 5.73 Å². The average Bonchev–Trinajstić information content (AvgIpc) is 2.38. The Morgan fingerprint density at radius 2 is 1.89 bits per heavy atom. The summed E-state index contributed by atoms with van der Waals surface area (Å²) in [5.74, 6) is -1.25. The van der Waals surface area contributed by atoms with Gasteiger partial charge in [-0.05, 0) is 12.8 Å². The van der Waals surface area contributed by atoms with Gasteiger partial charge in [-0.15, -0.1) is 0 Å². The predicted molar refractivity (Wildman–Crippen MR) is 72.8 cm³/mol. The van der Waals surface area contributed by atoms with Gasteiger partial charge in [0, 0.05) is 20.6 Å². The second-order valence-corrected chi connectivity index (χ2v) is 4.53. The Kier molecular flexibility index (Phi) is 7.55. The van der Waals surface area contributed by atoms with Crippen LogP contribution in [0, 0.1) is 5.92 Å². The summed E-state index contributed by atoms with van der Waals surface area (Å²) in [6, 6.07) is 0. The van der Waals surface area contributed by atoms with Crippen LogP contribution in [0.2, 0.25) is 0 Å². The maximum absolute atomic E-state index is 12.3. The molecule has 0 aromatic heterocycles. The first-order valence-corrected chi connectivity index (χ1v) is 6.35. The number of amidine groups is 1. The number of hydrogen-bond acceptors (Lipinski definition) is 4. The summed E-state index contributed by atoms with van der Waals surface area (Å²) in [6.07, 6.45) is 1.16. The standard InChI is InChI=1S/C12H24N4O3/c1-5-7-16(8-10(17)15(3)4)12(18)9(6-2)11(13)14-19/h9,19H,5-8H2,1-4H3,(H2,13,14). The molecule has 19 heavy (non-hydrogen) atoms. The van der Waals surface area contributed by atoms with Gasteiger partial charge in [-0.1, -0.05) is 19.0 Å². The Labute approximate surface area is 114 Å². The van der Waals surface area contributed by atoms with Crippen LogP contribution in [0.4, 0.5) is 0 Å². The first-order chi connectivity index (χ1) is 8.88. The molecule has 0 bridgehead atoms. The summed E-state index contributed by atoms with van der Waals surface area (Å²) in [4.78, 5) is 26.9. The van der Waals surface area contributed by atoms with Crippen molar-refractivity contribution < 1.29 is 14.8 Å². The fraction of sp³-hybridized carbons (Fsp3) is 0.750. The predicted octanol–water partition coefficient (Wildman–Crippen LogP) is 0.0858. The zero-order valence-electron chi connectivity index (χ0n) is 12.1. The van der Waals surface area contributed by atoms with Crippen molar-refractivity contribution in [2.75, 3.05) is 27.2 Å². The largest absolute Gasteiger partial charge is 0.409 e. The molecular weight excluding hydrogens is 248 g/mol. The number of oxime groups is 1. The number of likely N-dealkylation sites (N-methyl/N-ethyl adjacent to an activating group) is 1. The highest BCUT2D eigenvalue weighted by molar-refractivity contribution is 6.02. The maximum Gasteiger partial charge on any atom is 0.241 e. The van der Waals surface area contributed by atoms with Crippen LogP contribution in [-0.4, -0.2) is 59.8 Å². The third kappa shape index (κ3) is 5.15. The number of carbonyl (C=O) groups is 2. The molecule has 0 aliphatic carbocycles. The lowest BCUT2D eigenvalue weighted by atomic mass is 10.0. The van der Waals surface area contributed by atoms with Crippen LogP contribution in [0.1, 0.15) is 26.7 Å². The molecule has 0 rings (SSSR count). The molecule has 0 fully saturated rings. The molecule has 1 unspecified atom stereocenters. The van der Waals surface area contributed by atoms with E-state index in [2.05, 4.69) is 5.16 Å². The normalized spacial score (nSPS) is 12.9. The molecule has 0 spiro atoms. The highest BCUT2D eigenvalue weighted by Crippen LogP contribution is 2.09. The van der Waals surface area contributed by atoms with Gasteiger partial charge in [0.15, 0.2) is 5.84 Å². The summed E-state index contributed by atoms with van der Waals surface area (Å²) < 4.78 is 0. The first kappa shape index (κ1) is 17.2. The van der Waals surface area contributed by atoms with Gasteiger partial charge in [-0.2, -0.15) is 0 Å². The number of nitrogens with two attached hydrogens (primary N) is 1. The van der Waals surface area contributed by atoms with Crippen molar-refractivity contribution in [1.82, 2.24) is 9.80 Å². The second kappa shape index (κ2) is 8.34. The molecular formula is C12H24N4O3. The molecule has 110 valence electrons. The molecule has 7 heteroatoms. The van der Waals surface area contributed by atoms with Crippen molar-refractivity contribution in [2.24, 2.45) is 16.8 Å². The minimum absolute atomic E-state index is 0.00881. The molecule has 0 aromatic rings. The van der Waals surface area contributed by atoms with Crippen molar-refractivity contribution >= 4 is 17.6 Å². The summed E-state index contributed by atoms with van der Waals surface area (Å²) in [7, 11) is 3.27. The lowest BCUT2D eigenvalue weighted by molar-refractivity contribution is -0.140. The molecule has 1 atom stereocenters. The van der Waals surface area contributed by atoms with Gasteiger partial charge >= 0.3 is 0 Å². The van der Waals surface area contributed by atoms with Crippen LogP contribution in [-0.2, 0) is 9.59 Å². The first-order valence-electron chi connectivity index (χ1n) is 6.35. The molecule has 0 saturated carbocycles. The Bertz CT molecular complexity index is 342. The number of amides is 2. The Morgan fingerprint density at radius 3 is 2.26 bits per heavy atom. The lowest BCUT2D eigenvalue weighted by Gasteiger charge is -2.26. The molecule has 7 nitrogen and oxygen atoms in total. The van der Waals surface area contributed by atoms with Crippen LogP contribution in [0.25, 0.3) is 0 Å². The van der Waals surface area contributed by atoms with Crippen molar-refractivity contribution in [3.05, 3.63) is 0 Å². The molecule has 3 N–H and O–H groups in total. The van der Waals surface area contributed by atoms with Gasteiger partial charge in [0.05, 0.1) is 12.5 Å². The van der Waals surface area contributed by atoms with Gasteiger partial charge in [0.1, 0.15) is 0 Å². The van der Waals surface area contributed by atoms with E-state index in [0.29, 0.717) is 13.0 Å². The van der Waals surface area contributed by atoms with Gasteiger partial charge in [-0.3, -0.25) is 9.59 Å². The van der Waals surface area contributed by atoms with Crippen molar-refractivity contribution in [1.29, 1.82) is 0 Å². The van der Waals surface area contributed by atoms with E-state index in [9.17, 15) is 9.59 Å². The number of rotatable bonds is 7. The lowest BCUT2D eigenvalue weighted by Crippen LogP contribution is -2.46. The summed E-state index contributed by atoms with van der Waals surface area (Å²) >= 11 is 0. The Hall–Kier alpha value is -1.79. The molecule has 0 aromatic carbocycles. The fourth-order valence-corrected chi connectivity index (χ4v) is 1.64. The second-order valence-electron chi connectivity index (χ2n) is 4.53. The maximum atomic E-state index is 12.3. The zero-order valence-corrected chi connectivity index (χ0v) is 12.1. The van der Waals surface area contributed by atoms with Crippen LogP contribution in [0.3, 0.4) is 0 Å². The van der Waals surface area contributed by atoms with Crippen molar-refractivity contribution in [3.8, 4) is 0 Å². The van der Waals surface area contributed by atoms with E-state index in [-0.39, 0.29) is 24.2 Å². The average molecular weight is 272 g/mol. The van der Waals surface area contributed by atoms with Crippen LogP contribution >= 0.6 is 0 Å². The van der Waals surface area contributed by atoms with Crippen LogP contribution in [0.15, 0.2) is 5.16 Å². The van der Waals surface area contributed by atoms with E-state index in [4.69, 9.17) is 10.9 Å². The Morgan fingerprint density at radius 1 is 1.32 bits per heavy atom. The zero-order chi connectivity index (χ0) is 15.0. The van der Waals surface area contributed by atoms with E-state index in [0.717, 1.165) is 6.42 Å². The molecule has 0 saturated heterocycles. The van der Waals surface area contributed by atoms with E-state index in [1.165, 1.54) is 9.80 Å². The number of nitrogens with zero attached hydrogens (tertiary/aromatic N) is 3. The molecule has 2 amide bonds. The minimum atomic E-state index is -0.688. The number of hydrogen-bond donors (Lipinski definition) is 2. The van der Waals surface area contributed by atoms with Crippen LogP contribution in [0.5, 0.6) is 0 Å². The summed E-state index contributed by atoms with van der Waals surface area (Å²) in [5, 5.41) is 11.6. The SMILES string of the molecule is CCCN(CC(=O)N(C)C)C(=O)C(CC)C(N)=NO. The smallest absolute Gasteiger partial charge is 0.241 e. The van der Waals surface area contributed by atoms with E-state index >= 15 is 0 Å². The van der Waals surface area contributed by atoms with Gasteiger partial charge in [0.25, 0.3) is 0 Å². The molecule has 0 heterocycles. The van der Waals surface area contributed by atoms with Crippen molar-refractivity contribution in [2.45, 2.75) is 26.7 Å². The fourth-order valence-electron chi connectivity index (χ4n) is 1.64. The third-order valence-corrected chi connectivity index (χ3v) is 2.81. The Balaban J connectivity index is 4.95.